The van der Waals surface area contributed by atoms with Gasteiger partial charge >= 0.3 is 6.09 Å². The summed E-state index contributed by atoms with van der Waals surface area (Å²) in [6, 6.07) is 6.47. The van der Waals surface area contributed by atoms with Crippen LogP contribution in [0.2, 0.25) is 0 Å². The molecule has 0 atom stereocenters. The molecule has 0 aliphatic carbocycles. The highest BCUT2D eigenvalue weighted by Gasteiger charge is 2.23. The van der Waals surface area contributed by atoms with E-state index in [1.807, 2.05) is 20.8 Å². The highest BCUT2D eigenvalue weighted by molar-refractivity contribution is 5.68. The molecule has 5 heteroatoms. The molecule has 1 aromatic carbocycles. The van der Waals surface area contributed by atoms with E-state index in [1.54, 1.807) is 0 Å². The monoisotopic (exact) mass is 319 g/mol. The van der Waals surface area contributed by atoms with Crippen molar-refractivity contribution in [2.45, 2.75) is 58.6 Å². The number of nitrogens with two attached hydrogens (primary N) is 1. The Kier molecular flexibility index (Phi) is 5.39. The fourth-order valence-corrected chi connectivity index (χ4v) is 2.86. The first kappa shape index (κ1) is 17.4. The van der Waals surface area contributed by atoms with E-state index in [2.05, 4.69) is 35.3 Å². The van der Waals surface area contributed by atoms with E-state index in [0.717, 1.165) is 43.7 Å². The van der Waals surface area contributed by atoms with Gasteiger partial charge in [-0.05, 0) is 57.7 Å². The maximum atomic E-state index is 11.8. The number of anilines is 2. The van der Waals surface area contributed by atoms with Crippen molar-refractivity contribution >= 4 is 17.5 Å². The molecule has 23 heavy (non-hydrogen) atoms. The molecule has 1 aliphatic heterocycles. The first-order valence-corrected chi connectivity index (χ1v) is 8.41. The summed E-state index contributed by atoms with van der Waals surface area (Å²) in [4.78, 5) is 14.2. The zero-order valence-electron chi connectivity index (χ0n) is 14.7. The Morgan fingerprint density at radius 1 is 1.35 bits per heavy atom. The third-order valence-electron chi connectivity index (χ3n) is 4.09. The molecule has 1 amide bonds. The van der Waals surface area contributed by atoms with Gasteiger partial charge in [0.15, 0.2) is 0 Å². The second-order valence-electron chi connectivity index (χ2n) is 7.14. The first-order chi connectivity index (χ1) is 10.8. The van der Waals surface area contributed by atoms with Gasteiger partial charge in [-0.15, -0.1) is 0 Å². The minimum Gasteiger partial charge on any atom is -0.444 e. The predicted octanol–water partition coefficient (Wildman–Crippen LogP) is 3.32. The lowest BCUT2D eigenvalue weighted by Gasteiger charge is -2.34. The summed E-state index contributed by atoms with van der Waals surface area (Å²) in [6.07, 6.45) is 2.45. The highest BCUT2D eigenvalue weighted by atomic mass is 16.6. The predicted molar refractivity (Wildman–Crippen MR) is 94.8 cm³/mol. The number of hydrogen-bond acceptors (Lipinski definition) is 4. The standard InChI is InChI=1S/C18H29N3O2/c1-5-13-6-7-15(12-16(13)19)21-10-8-14(9-11-21)20-17(22)23-18(2,3)4/h6-7,12,14H,5,8-11,19H2,1-4H3,(H,20,22). The first-order valence-electron chi connectivity index (χ1n) is 8.41. The van der Waals surface area contributed by atoms with E-state index in [-0.39, 0.29) is 12.1 Å². The van der Waals surface area contributed by atoms with Gasteiger partial charge in [0.2, 0.25) is 0 Å². The molecule has 1 saturated heterocycles. The van der Waals surface area contributed by atoms with Crippen LogP contribution in [0.5, 0.6) is 0 Å². The van der Waals surface area contributed by atoms with E-state index in [4.69, 9.17) is 10.5 Å². The van der Waals surface area contributed by atoms with E-state index in [0.29, 0.717) is 0 Å². The highest BCUT2D eigenvalue weighted by Crippen LogP contribution is 2.25. The SMILES string of the molecule is CCc1ccc(N2CCC(NC(=O)OC(C)(C)C)CC2)cc1N. The second kappa shape index (κ2) is 7.11. The average molecular weight is 319 g/mol. The summed E-state index contributed by atoms with van der Waals surface area (Å²) < 4.78 is 5.31. The number of carbonyl (C=O) groups excluding carboxylic acids is 1. The van der Waals surface area contributed by atoms with Gasteiger partial charge in [0.05, 0.1) is 0 Å². The number of ether oxygens (including phenoxy) is 1. The molecule has 0 aromatic heterocycles. The third kappa shape index (κ3) is 5.05. The summed E-state index contributed by atoms with van der Waals surface area (Å²) in [6.45, 7) is 9.55. The number of carbonyl (C=O) groups is 1. The largest absolute Gasteiger partial charge is 0.444 e. The number of nitrogens with zero attached hydrogens (tertiary/aromatic N) is 1. The number of hydrogen-bond donors (Lipinski definition) is 2. The number of aryl methyl sites for hydroxylation is 1. The van der Waals surface area contributed by atoms with Gasteiger partial charge in [-0.1, -0.05) is 13.0 Å². The van der Waals surface area contributed by atoms with E-state index in [1.165, 1.54) is 5.56 Å². The number of amides is 1. The molecule has 1 aliphatic rings. The Morgan fingerprint density at radius 3 is 2.52 bits per heavy atom. The van der Waals surface area contributed by atoms with Crippen LogP contribution in [0.3, 0.4) is 0 Å². The van der Waals surface area contributed by atoms with Crippen molar-refractivity contribution in [1.29, 1.82) is 0 Å². The Balaban J connectivity index is 1.86. The number of nitrogens with one attached hydrogen (secondary N) is 1. The average Bonchev–Trinajstić information content (AvgIpc) is 2.46. The normalized spacial score (nSPS) is 16.3. The molecule has 0 radical (unpaired) electrons. The van der Waals surface area contributed by atoms with Gasteiger partial charge in [0.25, 0.3) is 0 Å². The summed E-state index contributed by atoms with van der Waals surface area (Å²) in [7, 11) is 0. The van der Waals surface area contributed by atoms with Crippen molar-refractivity contribution in [3.05, 3.63) is 23.8 Å². The van der Waals surface area contributed by atoms with Crippen molar-refractivity contribution in [3.8, 4) is 0 Å². The zero-order chi connectivity index (χ0) is 17.0. The van der Waals surface area contributed by atoms with Gasteiger partial charge in [0.1, 0.15) is 5.60 Å². The van der Waals surface area contributed by atoms with Crippen LogP contribution in [0.15, 0.2) is 18.2 Å². The van der Waals surface area contributed by atoms with Crippen molar-refractivity contribution < 1.29 is 9.53 Å². The van der Waals surface area contributed by atoms with Crippen LogP contribution in [0.4, 0.5) is 16.2 Å². The molecule has 0 bridgehead atoms. The minimum absolute atomic E-state index is 0.174. The number of alkyl carbamates (subject to hydrolysis) is 1. The molecular formula is C18H29N3O2. The lowest BCUT2D eigenvalue weighted by Crippen LogP contribution is -2.46. The lowest BCUT2D eigenvalue weighted by atomic mass is 10.0. The molecule has 1 heterocycles. The van der Waals surface area contributed by atoms with Crippen LogP contribution in [0, 0.1) is 0 Å². The Morgan fingerprint density at radius 2 is 2.00 bits per heavy atom. The number of benzene rings is 1. The molecule has 128 valence electrons. The molecule has 0 saturated carbocycles. The van der Waals surface area contributed by atoms with E-state index >= 15 is 0 Å². The smallest absolute Gasteiger partial charge is 0.407 e. The Hall–Kier alpha value is -1.91. The maximum Gasteiger partial charge on any atom is 0.407 e. The van der Waals surface area contributed by atoms with Gasteiger partial charge in [-0.2, -0.15) is 0 Å². The molecule has 0 spiro atoms. The van der Waals surface area contributed by atoms with Gasteiger partial charge in [0, 0.05) is 30.5 Å². The molecule has 0 unspecified atom stereocenters. The molecule has 2 rings (SSSR count). The summed E-state index contributed by atoms with van der Waals surface area (Å²) in [5.74, 6) is 0. The molecule has 3 N–H and O–H groups in total. The van der Waals surface area contributed by atoms with Crippen LogP contribution in [0.1, 0.15) is 46.1 Å². The van der Waals surface area contributed by atoms with Crippen molar-refractivity contribution in [1.82, 2.24) is 5.32 Å². The molecule has 1 aromatic rings. The van der Waals surface area contributed by atoms with Crippen LogP contribution in [0.25, 0.3) is 0 Å². The van der Waals surface area contributed by atoms with E-state index in [9.17, 15) is 4.79 Å². The number of piperidine rings is 1. The van der Waals surface area contributed by atoms with Crippen molar-refractivity contribution in [2.75, 3.05) is 23.7 Å². The minimum atomic E-state index is -0.455. The summed E-state index contributed by atoms with van der Waals surface area (Å²) in [5, 5.41) is 2.96. The molecule has 1 fully saturated rings. The topological polar surface area (TPSA) is 67.6 Å². The van der Waals surface area contributed by atoms with Crippen LogP contribution < -0.4 is 16.0 Å². The Bertz CT molecular complexity index is 544. The van der Waals surface area contributed by atoms with Crippen molar-refractivity contribution in [2.24, 2.45) is 0 Å². The number of nitrogen functional groups attached to an aromatic ring is 1. The van der Waals surface area contributed by atoms with Gasteiger partial charge < -0.3 is 20.7 Å². The van der Waals surface area contributed by atoms with Crippen molar-refractivity contribution in [3.63, 3.8) is 0 Å². The molecular weight excluding hydrogens is 290 g/mol. The maximum absolute atomic E-state index is 11.8. The number of rotatable bonds is 3. The zero-order valence-corrected chi connectivity index (χ0v) is 14.7. The fraction of sp³-hybridized carbons (Fsp3) is 0.611. The van der Waals surface area contributed by atoms with Gasteiger partial charge in [-0.3, -0.25) is 0 Å². The van der Waals surface area contributed by atoms with Crippen LogP contribution >= 0.6 is 0 Å². The third-order valence-corrected chi connectivity index (χ3v) is 4.09. The second-order valence-corrected chi connectivity index (χ2v) is 7.14. The summed E-state index contributed by atoms with van der Waals surface area (Å²) >= 11 is 0. The summed E-state index contributed by atoms with van der Waals surface area (Å²) in [5.41, 5.74) is 8.85. The van der Waals surface area contributed by atoms with Crippen LogP contribution in [-0.2, 0) is 11.2 Å². The van der Waals surface area contributed by atoms with Gasteiger partial charge in [-0.25, -0.2) is 4.79 Å². The van der Waals surface area contributed by atoms with Crippen LogP contribution in [-0.4, -0.2) is 30.8 Å². The lowest BCUT2D eigenvalue weighted by molar-refractivity contribution is 0.0497. The Labute approximate surface area is 139 Å². The molecule has 5 nitrogen and oxygen atoms in total. The van der Waals surface area contributed by atoms with E-state index < -0.39 is 5.60 Å². The quantitative estimate of drug-likeness (QED) is 0.839. The fourth-order valence-electron chi connectivity index (χ4n) is 2.86.